The van der Waals surface area contributed by atoms with Gasteiger partial charge in [-0.05, 0) is 18.1 Å². The first-order valence-corrected chi connectivity index (χ1v) is 8.19. The van der Waals surface area contributed by atoms with Gasteiger partial charge in [-0.3, -0.25) is 0 Å². The summed E-state index contributed by atoms with van der Waals surface area (Å²) in [6, 6.07) is 6.74. The predicted octanol–water partition coefficient (Wildman–Crippen LogP) is 4.07. The van der Waals surface area contributed by atoms with Crippen molar-refractivity contribution in [1.82, 2.24) is 15.0 Å². The van der Waals surface area contributed by atoms with Crippen LogP contribution in [0.3, 0.4) is 0 Å². The van der Waals surface area contributed by atoms with Crippen molar-refractivity contribution in [2.45, 2.75) is 26.1 Å². The number of hydrogen-bond donors (Lipinski definition) is 3. The predicted molar refractivity (Wildman–Crippen MR) is 93.7 cm³/mol. The van der Waals surface area contributed by atoms with E-state index in [9.17, 15) is 18.3 Å². The van der Waals surface area contributed by atoms with Crippen molar-refractivity contribution < 1.29 is 18.3 Å². The van der Waals surface area contributed by atoms with Crippen LogP contribution in [0, 0.1) is 5.92 Å². The number of hydrogen-bond acceptors (Lipinski definition) is 4. The molecule has 3 N–H and O–H groups in total. The summed E-state index contributed by atoms with van der Waals surface area (Å²) in [5.74, 6) is 0.615. The maximum absolute atomic E-state index is 13.3. The Kier molecular flexibility index (Phi) is 4.86. The average Bonchev–Trinajstić information content (AvgIpc) is 3.03. The highest BCUT2D eigenvalue weighted by atomic mass is 19.4. The zero-order valence-corrected chi connectivity index (χ0v) is 14.3. The zero-order valence-electron chi connectivity index (χ0n) is 14.3. The van der Waals surface area contributed by atoms with Gasteiger partial charge in [-0.25, -0.2) is 9.97 Å². The quantitative estimate of drug-likeness (QED) is 0.638. The van der Waals surface area contributed by atoms with Crippen molar-refractivity contribution in [3.05, 3.63) is 42.2 Å². The molecule has 2 aromatic heterocycles. The molecular formula is C18H19F3N4O. The molecule has 1 aromatic carbocycles. The Hall–Kier alpha value is -2.61. The number of alkyl halides is 3. The number of aliphatic hydroxyl groups is 1. The molecule has 0 fully saturated rings. The van der Waals surface area contributed by atoms with Crippen LogP contribution in [0.4, 0.5) is 19.0 Å². The number of anilines is 1. The third-order valence-corrected chi connectivity index (χ3v) is 4.27. The monoisotopic (exact) mass is 364 g/mol. The molecular weight excluding hydrogens is 345 g/mol. The fraction of sp³-hybridized carbons (Fsp3) is 0.333. The Morgan fingerprint density at radius 1 is 1.19 bits per heavy atom. The molecule has 0 aliphatic carbocycles. The molecule has 0 aliphatic rings. The maximum Gasteiger partial charge on any atom is 0.417 e. The number of rotatable bonds is 5. The lowest BCUT2D eigenvalue weighted by atomic mass is 10.0. The molecule has 2 heterocycles. The second-order valence-electron chi connectivity index (χ2n) is 6.39. The molecule has 5 nitrogen and oxygen atoms in total. The van der Waals surface area contributed by atoms with Crippen LogP contribution in [0.2, 0.25) is 0 Å². The molecule has 0 saturated heterocycles. The molecule has 0 aliphatic heterocycles. The van der Waals surface area contributed by atoms with E-state index in [-0.39, 0.29) is 24.1 Å². The Morgan fingerprint density at radius 2 is 1.92 bits per heavy atom. The maximum atomic E-state index is 13.3. The average molecular weight is 364 g/mol. The number of aromatic nitrogens is 3. The first kappa shape index (κ1) is 18.2. The molecule has 0 unspecified atom stereocenters. The molecule has 0 amide bonds. The topological polar surface area (TPSA) is 73.8 Å². The molecule has 0 spiro atoms. The Labute approximate surface area is 148 Å². The number of fused-ring (bicyclic) bond motifs is 1. The highest BCUT2D eigenvalue weighted by Crippen LogP contribution is 2.37. The van der Waals surface area contributed by atoms with Crippen molar-refractivity contribution in [2.24, 2.45) is 5.92 Å². The Bertz CT molecular complexity index is 905. The lowest BCUT2D eigenvalue weighted by Gasteiger charge is -2.20. The number of benzene rings is 1. The largest absolute Gasteiger partial charge is 0.417 e. The number of aromatic amines is 1. The minimum Gasteiger partial charge on any atom is -0.394 e. The van der Waals surface area contributed by atoms with Gasteiger partial charge in [0.15, 0.2) is 0 Å². The molecule has 3 aromatic rings. The van der Waals surface area contributed by atoms with Crippen LogP contribution >= 0.6 is 0 Å². The molecule has 1 atom stereocenters. The van der Waals surface area contributed by atoms with Gasteiger partial charge in [0.25, 0.3) is 0 Å². The van der Waals surface area contributed by atoms with Crippen LogP contribution in [-0.2, 0) is 6.18 Å². The fourth-order valence-corrected chi connectivity index (χ4v) is 2.76. The van der Waals surface area contributed by atoms with Crippen LogP contribution in [0.25, 0.3) is 22.3 Å². The molecule has 138 valence electrons. The van der Waals surface area contributed by atoms with Crippen molar-refractivity contribution >= 4 is 16.9 Å². The van der Waals surface area contributed by atoms with E-state index in [2.05, 4.69) is 20.3 Å². The summed E-state index contributed by atoms with van der Waals surface area (Å²) in [5, 5.41) is 13.2. The lowest BCUT2D eigenvalue weighted by Crippen LogP contribution is -2.29. The minimum atomic E-state index is -4.46. The summed E-state index contributed by atoms with van der Waals surface area (Å²) in [5.41, 5.74) is 0.0625. The van der Waals surface area contributed by atoms with E-state index in [0.717, 1.165) is 6.07 Å². The first-order chi connectivity index (χ1) is 12.3. The highest BCUT2D eigenvalue weighted by Gasteiger charge is 2.33. The minimum absolute atomic E-state index is 0.0477. The van der Waals surface area contributed by atoms with Gasteiger partial charge in [0.05, 0.1) is 23.6 Å². The summed E-state index contributed by atoms with van der Waals surface area (Å²) in [6.45, 7) is 3.82. The van der Waals surface area contributed by atoms with E-state index in [0.29, 0.717) is 22.5 Å². The molecule has 0 radical (unpaired) electrons. The summed E-state index contributed by atoms with van der Waals surface area (Å²) in [4.78, 5) is 11.2. The van der Waals surface area contributed by atoms with Gasteiger partial charge in [0.1, 0.15) is 17.8 Å². The number of halogens is 3. The third-order valence-electron chi connectivity index (χ3n) is 4.27. The van der Waals surface area contributed by atoms with E-state index in [1.165, 1.54) is 18.5 Å². The normalized spacial score (nSPS) is 13.3. The lowest BCUT2D eigenvalue weighted by molar-refractivity contribution is -0.137. The van der Waals surface area contributed by atoms with Crippen LogP contribution < -0.4 is 5.32 Å². The number of nitrogens with one attached hydrogen (secondary N) is 2. The smallest absolute Gasteiger partial charge is 0.394 e. The van der Waals surface area contributed by atoms with Crippen molar-refractivity contribution in [3.8, 4) is 11.3 Å². The van der Waals surface area contributed by atoms with E-state index < -0.39 is 11.7 Å². The Morgan fingerprint density at radius 3 is 2.58 bits per heavy atom. The van der Waals surface area contributed by atoms with E-state index in [1.54, 1.807) is 12.1 Å². The van der Waals surface area contributed by atoms with Crippen LogP contribution in [0.15, 0.2) is 36.7 Å². The molecule has 0 bridgehead atoms. The summed E-state index contributed by atoms with van der Waals surface area (Å²) in [6.07, 6.45) is -3.13. The van der Waals surface area contributed by atoms with Gasteiger partial charge in [0.2, 0.25) is 0 Å². The summed E-state index contributed by atoms with van der Waals surface area (Å²) in [7, 11) is 0. The van der Waals surface area contributed by atoms with Crippen molar-refractivity contribution in [1.29, 1.82) is 0 Å². The number of nitrogens with zero attached hydrogens (tertiary/aromatic N) is 2. The van der Waals surface area contributed by atoms with Gasteiger partial charge < -0.3 is 15.4 Å². The molecule has 0 saturated carbocycles. The van der Waals surface area contributed by atoms with Gasteiger partial charge in [0, 0.05) is 11.3 Å². The first-order valence-electron chi connectivity index (χ1n) is 8.19. The second-order valence-corrected chi connectivity index (χ2v) is 6.39. The third kappa shape index (κ3) is 3.50. The van der Waals surface area contributed by atoms with Gasteiger partial charge in [-0.1, -0.05) is 32.0 Å². The number of aliphatic hydroxyl groups excluding tert-OH is 1. The van der Waals surface area contributed by atoms with Gasteiger partial charge >= 0.3 is 6.18 Å². The van der Waals surface area contributed by atoms with E-state index >= 15 is 0 Å². The SMILES string of the molecule is CC(C)[C@H](CO)Nc1ncnc2[nH]c(-c3ccccc3C(F)(F)F)cc12. The van der Waals surface area contributed by atoms with Gasteiger partial charge in [-0.15, -0.1) is 0 Å². The zero-order chi connectivity index (χ0) is 18.9. The Balaban J connectivity index is 2.08. The van der Waals surface area contributed by atoms with E-state index in [4.69, 9.17) is 0 Å². The number of H-pyrrole nitrogens is 1. The van der Waals surface area contributed by atoms with Gasteiger partial charge in [-0.2, -0.15) is 13.2 Å². The fourth-order valence-electron chi connectivity index (χ4n) is 2.76. The summed E-state index contributed by atoms with van der Waals surface area (Å²) < 4.78 is 39.9. The standard InChI is InChI=1S/C18H19F3N4O/c1-10(2)15(8-26)25-17-12-7-14(24-16(12)22-9-23-17)11-5-3-4-6-13(11)18(19,20)21/h3-7,9-10,15,26H,8H2,1-2H3,(H2,22,23,24,25)/t15-/m0/s1. The van der Waals surface area contributed by atoms with Crippen LogP contribution in [0.1, 0.15) is 19.4 Å². The molecule has 26 heavy (non-hydrogen) atoms. The van der Waals surface area contributed by atoms with Crippen LogP contribution in [-0.4, -0.2) is 32.7 Å². The van der Waals surface area contributed by atoms with Crippen LogP contribution in [0.5, 0.6) is 0 Å². The highest BCUT2D eigenvalue weighted by molar-refractivity contribution is 5.92. The van der Waals surface area contributed by atoms with Crippen molar-refractivity contribution in [2.75, 3.05) is 11.9 Å². The van der Waals surface area contributed by atoms with Crippen molar-refractivity contribution in [3.63, 3.8) is 0 Å². The molecule has 8 heteroatoms. The molecule has 3 rings (SSSR count). The summed E-state index contributed by atoms with van der Waals surface area (Å²) >= 11 is 0. The second kappa shape index (κ2) is 6.95. The van der Waals surface area contributed by atoms with E-state index in [1.807, 2.05) is 13.8 Å².